The van der Waals surface area contributed by atoms with E-state index in [4.69, 9.17) is 18.6 Å². The SMILES string of the molecule is COc1cc(O)ccc1C1CC(C)=CC2c3cc4ccc(=O)oc4cc3O[C@H](c3ccc(O)cc3OC)[C@H]21. The van der Waals surface area contributed by atoms with E-state index in [-0.39, 0.29) is 29.3 Å². The summed E-state index contributed by atoms with van der Waals surface area (Å²) in [6.45, 7) is 2.13. The number of benzene rings is 3. The minimum atomic E-state index is -0.455. The highest BCUT2D eigenvalue weighted by molar-refractivity contribution is 5.80. The number of ether oxygens (including phenoxy) is 3. The van der Waals surface area contributed by atoms with Crippen LogP contribution in [0.25, 0.3) is 11.0 Å². The lowest BCUT2D eigenvalue weighted by Crippen LogP contribution is -2.36. The van der Waals surface area contributed by atoms with E-state index in [1.54, 1.807) is 50.6 Å². The van der Waals surface area contributed by atoms with Crippen LogP contribution in [-0.4, -0.2) is 24.4 Å². The summed E-state index contributed by atoms with van der Waals surface area (Å²) in [6, 6.07) is 17.3. The minimum Gasteiger partial charge on any atom is -0.508 e. The normalized spacial score (nSPS) is 22.1. The molecule has 38 heavy (non-hydrogen) atoms. The lowest BCUT2D eigenvalue weighted by Gasteiger charge is -2.46. The Bertz CT molecular complexity index is 1630. The summed E-state index contributed by atoms with van der Waals surface area (Å²) in [6.07, 6.45) is 2.62. The molecule has 0 spiro atoms. The second-order valence-corrected chi connectivity index (χ2v) is 10.0. The Morgan fingerprint density at radius 2 is 1.53 bits per heavy atom. The first-order valence-electron chi connectivity index (χ1n) is 12.5. The van der Waals surface area contributed by atoms with E-state index in [0.29, 0.717) is 22.8 Å². The van der Waals surface area contributed by atoms with Crippen molar-refractivity contribution in [2.75, 3.05) is 14.2 Å². The molecule has 1 aliphatic carbocycles. The summed E-state index contributed by atoms with van der Waals surface area (Å²) in [5.74, 6) is 1.89. The zero-order valence-corrected chi connectivity index (χ0v) is 21.3. The van der Waals surface area contributed by atoms with Crippen LogP contribution in [-0.2, 0) is 0 Å². The van der Waals surface area contributed by atoms with Crippen LogP contribution in [0.3, 0.4) is 0 Å². The highest BCUT2D eigenvalue weighted by Crippen LogP contribution is 2.58. The maximum Gasteiger partial charge on any atom is 0.336 e. The molecule has 4 aromatic rings. The number of allylic oxidation sites excluding steroid dienone is 2. The van der Waals surface area contributed by atoms with Crippen molar-refractivity contribution in [1.82, 2.24) is 0 Å². The monoisotopic (exact) mass is 512 g/mol. The van der Waals surface area contributed by atoms with Gasteiger partial charge in [-0.2, -0.15) is 0 Å². The van der Waals surface area contributed by atoms with Crippen molar-refractivity contribution in [3.05, 3.63) is 99.4 Å². The maximum absolute atomic E-state index is 11.9. The summed E-state index contributed by atoms with van der Waals surface area (Å²) in [5, 5.41) is 21.1. The molecule has 1 aliphatic heterocycles. The van der Waals surface area contributed by atoms with Crippen molar-refractivity contribution < 1.29 is 28.8 Å². The van der Waals surface area contributed by atoms with Crippen LogP contribution in [0.5, 0.6) is 28.7 Å². The molecule has 2 unspecified atom stereocenters. The first kappa shape index (κ1) is 24.0. The fraction of sp³-hybridized carbons (Fsp3) is 0.258. The number of hydrogen-bond acceptors (Lipinski definition) is 7. The highest BCUT2D eigenvalue weighted by Gasteiger charge is 2.47. The Balaban J connectivity index is 1.60. The van der Waals surface area contributed by atoms with Crippen LogP contribution in [0.2, 0.25) is 0 Å². The Hall–Kier alpha value is -4.39. The topological polar surface area (TPSA) is 98.4 Å². The first-order valence-corrected chi connectivity index (χ1v) is 12.5. The van der Waals surface area contributed by atoms with E-state index in [1.165, 1.54) is 11.6 Å². The van der Waals surface area contributed by atoms with Gasteiger partial charge in [-0.1, -0.05) is 17.7 Å². The third kappa shape index (κ3) is 3.95. The van der Waals surface area contributed by atoms with Gasteiger partial charge in [-0.25, -0.2) is 4.79 Å². The van der Waals surface area contributed by atoms with E-state index < -0.39 is 11.7 Å². The molecule has 0 saturated heterocycles. The zero-order chi connectivity index (χ0) is 26.6. The van der Waals surface area contributed by atoms with Gasteiger partial charge in [0, 0.05) is 52.6 Å². The fourth-order valence-corrected chi connectivity index (χ4v) is 6.14. The van der Waals surface area contributed by atoms with Crippen LogP contribution in [0.15, 0.2) is 81.5 Å². The molecule has 0 bridgehead atoms. The molecule has 0 fully saturated rings. The number of hydrogen-bond donors (Lipinski definition) is 2. The smallest absolute Gasteiger partial charge is 0.336 e. The van der Waals surface area contributed by atoms with Crippen LogP contribution >= 0.6 is 0 Å². The van der Waals surface area contributed by atoms with Crippen molar-refractivity contribution in [3.63, 3.8) is 0 Å². The third-order valence-corrected chi connectivity index (χ3v) is 7.74. The van der Waals surface area contributed by atoms with Gasteiger partial charge < -0.3 is 28.8 Å². The van der Waals surface area contributed by atoms with Gasteiger partial charge in [0.25, 0.3) is 0 Å². The van der Waals surface area contributed by atoms with Gasteiger partial charge in [-0.15, -0.1) is 0 Å². The van der Waals surface area contributed by atoms with Crippen molar-refractivity contribution in [1.29, 1.82) is 0 Å². The Morgan fingerprint density at radius 3 is 2.24 bits per heavy atom. The average molecular weight is 513 g/mol. The molecule has 1 aromatic heterocycles. The summed E-state index contributed by atoms with van der Waals surface area (Å²) in [7, 11) is 3.18. The van der Waals surface area contributed by atoms with Crippen LogP contribution in [0, 0.1) is 5.92 Å². The molecular weight excluding hydrogens is 484 g/mol. The zero-order valence-electron chi connectivity index (χ0n) is 21.3. The fourth-order valence-electron chi connectivity index (χ4n) is 6.14. The minimum absolute atomic E-state index is 0.0124. The van der Waals surface area contributed by atoms with E-state index in [1.807, 2.05) is 18.2 Å². The number of phenolic OH excluding ortho intramolecular Hbond substituents is 2. The Labute approximate surface area is 219 Å². The summed E-state index contributed by atoms with van der Waals surface area (Å²) in [5.41, 5.74) is 4.06. The molecule has 2 heterocycles. The second kappa shape index (κ2) is 9.17. The summed E-state index contributed by atoms with van der Waals surface area (Å²) >= 11 is 0. The van der Waals surface area contributed by atoms with Gasteiger partial charge in [0.1, 0.15) is 40.4 Å². The third-order valence-electron chi connectivity index (χ3n) is 7.74. The lowest BCUT2D eigenvalue weighted by molar-refractivity contribution is 0.0770. The van der Waals surface area contributed by atoms with Gasteiger partial charge in [-0.3, -0.25) is 0 Å². The molecule has 2 aliphatic rings. The second-order valence-electron chi connectivity index (χ2n) is 10.0. The molecule has 194 valence electrons. The van der Waals surface area contributed by atoms with Crippen molar-refractivity contribution in [3.8, 4) is 28.7 Å². The van der Waals surface area contributed by atoms with Crippen molar-refractivity contribution in [2.24, 2.45) is 5.92 Å². The number of aromatic hydroxyl groups is 2. The van der Waals surface area contributed by atoms with Crippen LogP contribution in [0.4, 0.5) is 0 Å². The standard InChI is InChI=1S/C31H28O7/c1-16-10-23(20-7-5-18(32)13-26(20)35-2)30-24(11-16)22-12-17-4-9-29(34)37-25(17)15-28(22)38-31(30)21-8-6-19(33)14-27(21)36-3/h4-9,11-15,23-24,30-33H,10H2,1-3H3/t23?,24?,30-,31+/m0/s1. The van der Waals surface area contributed by atoms with E-state index in [9.17, 15) is 15.0 Å². The molecule has 2 N–H and O–H groups in total. The van der Waals surface area contributed by atoms with E-state index in [2.05, 4.69) is 13.0 Å². The summed E-state index contributed by atoms with van der Waals surface area (Å²) < 4.78 is 23.6. The highest BCUT2D eigenvalue weighted by atomic mass is 16.5. The summed E-state index contributed by atoms with van der Waals surface area (Å²) in [4.78, 5) is 11.9. The Morgan fingerprint density at radius 1 is 0.842 bits per heavy atom. The largest absolute Gasteiger partial charge is 0.508 e. The van der Waals surface area contributed by atoms with Gasteiger partial charge in [0.15, 0.2) is 0 Å². The molecular formula is C31H28O7. The van der Waals surface area contributed by atoms with Gasteiger partial charge in [0.2, 0.25) is 0 Å². The number of methoxy groups -OCH3 is 2. The van der Waals surface area contributed by atoms with Crippen LogP contribution < -0.4 is 19.8 Å². The van der Waals surface area contributed by atoms with E-state index >= 15 is 0 Å². The van der Waals surface area contributed by atoms with Gasteiger partial charge in [0.05, 0.1) is 14.2 Å². The maximum atomic E-state index is 11.9. The quantitative estimate of drug-likeness (QED) is 0.249. The van der Waals surface area contributed by atoms with Crippen molar-refractivity contribution >= 4 is 11.0 Å². The predicted octanol–water partition coefficient (Wildman–Crippen LogP) is 6.19. The van der Waals surface area contributed by atoms with Crippen molar-refractivity contribution in [2.45, 2.75) is 31.3 Å². The molecule has 3 aromatic carbocycles. The number of fused-ring (bicyclic) bond motifs is 4. The van der Waals surface area contributed by atoms with Gasteiger partial charge >= 0.3 is 5.63 Å². The molecule has 4 atom stereocenters. The first-order chi connectivity index (χ1) is 18.4. The van der Waals surface area contributed by atoms with Crippen LogP contribution in [0.1, 0.15) is 48.0 Å². The number of phenols is 2. The predicted molar refractivity (Wildman–Crippen MR) is 143 cm³/mol. The average Bonchev–Trinajstić information content (AvgIpc) is 2.91. The molecule has 0 amide bonds. The van der Waals surface area contributed by atoms with E-state index in [0.717, 1.165) is 28.5 Å². The Kier molecular flexibility index (Phi) is 5.79. The molecule has 0 radical (unpaired) electrons. The van der Waals surface area contributed by atoms with Gasteiger partial charge in [-0.05, 0) is 55.2 Å². The number of rotatable bonds is 4. The molecule has 7 heteroatoms. The molecule has 0 saturated carbocycles. The molecule has 7 nitrogen and oxygen atoms in total. The lowest BCUT2D eigenvalue weighted by atomic mass is 9.63. The molecule has 6 rings (SSSR count).